The summed E-state index contributed by atoms with van der Waals surface area (Å²) in [4.78, 5) is 10.9. The Morgan fingerprint density at radius 3 is 2.16 bits per heavy atom. The Hall–Kier alpha value is -6.88. The van der Waals surface area contributed by atoms with Crippen molar-refractivity contribution in [3.05, 3.63) is 181 Å². The van der Waals surface area contributed by atoms with Gasteiger partial charge in [-0.3, -0.25) is 0 Å². The summed E-state index contributed by atoms with van der Waals surface area (Å²) in [5.41, 5.74) is 15.5. The molecule has 0 amide bonds. The summed E-state index contributed by atoms with van der Waals surface area (Å²) in [5, 5.41) is 5.65. The molecule has 11 aromatic rings. The number of hydrogen-bond donors (Lipinski definition) is 0. The van der Waals surface area contributed by atoms with Gasteiger partial charge in [0.1, 0.15) is 11.2 Å². The van der Waals surface area contributed by atoms with Crippen molar-refractivity contribution in [2.75, 3.05) is 0 Å². The topological polar surface area (TPSA) is 38.9 Å². The first-order chi connectivity index (χ1) is 28.0. The molecular weight excluding hydrogens is 713 g/mol. The first-order valence-corrected chi connectivity index (χ1v) is 20.3. The van der Waals surface area contributed by atoms with Crippen LogP contribution in [0, 0.1) is 0 Å². The van der Waals surface area contributed by atoms with E-state index in [4.69, 9.17) is 14.4 Å². The fourth-order valence-corrected chi connectivity index (χ4v) is 10.5. The molecule has 3 nitrogen and oxygen atoms in total. The van der Waals surface area contributed by atoms with Crippen LogP contribution in [0.25, 0.3) is 109 Å². The molecule has 0 bridgehead atoms. The monoisotopic (exact) mass is 746 g/mol. The van der Waals surface area contributed by atoms with Crippen molar-refractivity contribution in [2.45, 2.75) is 19.3 Å². The van der Waals surface area contributed by atoms with E-state index >= 15 is 0 Å². The molecule has 1 aliphatic rings. The molecule has 8 aromatic carbocycles. The third-order valence-corrected chi connectivity index (χ3v) is 13.3. The van der Waals surface area contributed by atoms with Crippen molar-refractivity contribution in [1.29, 1.82) is 0 Å². The Kier molecular flexibility index (Phi) is 6.85. The van der Waals surface area contributed by atoms with E-state index in [0.717, 1.165) is 65.5 Å². The molecule has 0 fully saturated rings. The van der Waals surface area contributed by atoms with Crippen LogP contribution in [-0.4, -0.2) is 9.97 Å². The lowest BCUT2D eigenvalue weighted by molar-refractivity contribution is 0.660. The number of para-hydroxylation sites is 1. The van der Waals surface area contributed by atoms with Gasteiger partial charge in [-0.05, 0) is 74.0 Å². The van der Waals surface area contributed by atoms with Gasteiger partial charge < -0.3 is 4.42 Å². The molecule has 0 N–H and O–H groups in total. The van der Waals surface area contributed by atoms with E-state index in [0.29, 0.717) is 5.82 Å². The number of hydrogen-bond acceptors (Lipinski definition) is 4. The van der Waals surface area contributed by atoms with Gasteiger partial charge in [-0.15, -0.1) is 11.3 Å². The van der Waals surface area contributed by atoms with Gasteiger partial charge in [0.2, 0.25) is 0 Å². The van der Waals surface area contributed by atoms with Crippen LogP contribution in [0.3, 0.4) is 0 Å². The summed E-state index contributed by atoms with van der Waals surface area (Å²) in [6.45, 7) is 4.71. The molecule has 57 heavy (non-hydrogen) atoms. The van der Waals surface area contributed by atoms with E-state index in [9.17, 15) is 0 Å². The number of aromatic nitrogens is 2. The fourth-order valence-electron chi connectivity index (χ4n) is 9.32. The van der Waals surface area contributed by atoms with Gasteiger partial charge >= 0.3 is 0 Å². The Morgan fingerprint density at radius 1 is 0.509 bits per heavy atom. The SMILES string of the molecule is CC1(C)c2cc(-c3nc(-c4cccc5oc6c(-c7ccc8ccccc8c7)cccc6c45)nc4c3sc3ccccc34)ccc2-c2c(-c3ccccc3)cccc21. The highest BCUT2D eigenvalue weighted by Crippen LogP contribution is 2.53. The van der Waals surface area contributed by atoms with Crippen molar-refractivity contribution in [1.82, 2.24) is 9.97 Å². The van der Waals surface area contributed by atoms with Gasteiger partial charge in [0, 0.05) is 43.0 Å². The molecule has 0 saturated heterocycles. The lowest BCUT2D eigenvalue weighted by atomic mass is 9.81. The van der Waals surface area contributed by atoms with Crippen molar-refractivity contribution < 1.29 is 4.42 Å². The molecule has 12 rings (SSSR count). The predicted octanol–water partition coefficient (Wildman–Crippen LogP) is 14.9. The van der Waals surface area contributed by atoms with E-state index in [1.807, 2.05) is 0 Å². The molecule has 4 heteroatoms. The zero-order valence-electron chi connectivity index (χ0n) is 31.4. The maximum Gasteiger partial charge on any atom is 0.161 e. The summed E-state index contributed by atoms with van der Waals surface area (Å²) < 4.78 is 9.06. The van der Waals surface area contributed by atoms with Gasteiger partial charge in [0.25, 0.3) is 0 Å². The lowest BCUT2D eigenvalue weighted by Crippen LogP contribution is -2.15. The molecule has 0 unspecified atom stereocenters. The van der Waals surface area contributed by atoms with Crippen molar-refractivity contribution in [2.24, 2.45) is 0 Å². The minimum atomic E-state index is -0.190. The second-order valence-corrected chi connectivity index (χ2v) is 16.7. The van der Waals surface area contributed by atoms with Crippen molar-refractivity contribution in [3.8, 4) is 56.0 Å². The minimum Gasteiger partial charge on any atom is -0.455 e. The second kappa shape index (κ2) is 12.1. The summed E-state index contributed by atoms with van der Waals surface area (Å²) in [5.74, 6) is 0.694. The molecule has 3 heterocycles. The van der Waals surface area contributed by atoms with Crippen LogP contribution in [0.2, 0.25) is 0 Å². The molecule has 3 aromatic heterocycles. The van der Waals surface area contributed by atoms with Gasteiger partial charge in [-0.1, -0.05) is 159 Å². The summed E-state index contributed by atoms with van der Waals surface area (Å²) >= 11 is 1.77. The normalized spacial score (nSPS) is 13.2. The Bertz CT molecular complexity index is 3440. The largest absolute Gasteiger partial charge is 0.455 e. The Balaban J connectivity index is 1.08. The smallest absolute Gasteiger partial charge is 0.161 e. The highest BCUT2D eigenvalue weighted by atomic mass is 32.1. The zero-order chi connectivity index (χ0) is 37.8. The third-order valence-electron chi connectivity index (χ3n) is 12.1. The van der Waals surface area contributed by atoms with Gasteiger partial charge in [0.05, 0.1) is 15.9 Å². The summed E-state index contributed by atoms with van der Waals surface area (Å²) in [6, 6.07) is 60.9. The van der Waals surface area contributed by atoms with E-state index in [2.05, 4.69) is 184 Å². The molecule has 268 valence electrons. The first-order valence-electron chi connectivity index (χ1n) is 19.5. The van der Waals surface area contributed by atoms with Crippen LogP contribution < -0.4 is 0 Å². The van der Waals surface area contributed by atoms with Crippen molar-refractivity contribution >= 4 is 64.4 Å². The first kappa shape index (κ1) is 32.4. The molecule has 1 aliphatic carbocycles. The lowest BCUT2D eigenvalue weighted by Gasteiger charge is -2.22. The third kappa shape index (κ3) is 4.78. The molecular formula is C53H34N2OS. The highest BCUT2D eigenvalue weighted by molar-refractivity contribution is 7.26. The van der Waals surface area contributed by atoms with Crippen LogP contribution in [0.4, 0.5) is 0 Å². The average molecular weight is 747 g/mol. The molecule has 0 spiro atoms. The van der Waals surface area contributed by atoms with E-state index in [1.54, 1.807) is 11.3 Å². The van der Waals surface area contributed by atoms with Gasteiger partial charge in [0.15, 0.2) is 5.82 Å². The maximum absolute atomic E-state index is 6.76. The highest BCUT2D eigenvalue weighted by Gasteiger charge is 2.37. The van der Waals surface area contributed by atoms with Crippen LogP contribution in [0.15, 0.2) is 174 Å². The van der Waals surface area contributed by atoms with E-state index < -0.39 is 0 Å². The minimum absolute atomic E-state index is 0.190. The van der Waals surface area contributed by atoms with Crippen LogP contribution in [0.1, 0.15) is 25.0 Å². The number of benzene rings is 8. The van der Waals surface area contributed by atoms with Gasteiger partial charge in [-0.25, -0.2) is 9.97 Å². The molecule has 0 aliphatic heterocycles. The number of fused-ring (bicyclic) bond motifs is 10. The van der Waals surface area contributed by atoms with E-state index in [-0.39, 0.29) is 5.41 Å². The van der Waals surface area contributed by atoms with Crippen LogP contribution in [0.5, 0.6) is 0 Å². The second-order valence-electron chi connectivity index (χ2n) is 15.7. The molecule has 0 atom stereocenters. The Morgan fingerprint density at radius 2 is 1.25 bits per heavy atom. The number of nitrogens with zero attached hydrogens (tertiary/aromatic N) is 2. The number of thiophene rings is 1. The number of furan rings is 1. The van der Waals surface area contributed by atoms with Crippen LogP contribution in [-0.2, 0) is 5.41 Å². The summed E-state index contributed by atoms with van der Waals surface area (Å²) in [7, 11) is 0. The standard InChI is InChI=1S/C53H34N2OS/c1-53(2)42-22-11-18-36(32-14-4-3-5-15-32)46(42)38-28-27-35(30-43(38)53)48-51-49(39-17-8-9-24-45(39)57-51)55-52(54-48)41-21-12-23-44-47(41)40-20-10-19-37(50(40)56-44)34-26-25-31-13-6-7-16-33(31)29-34/h3-30H,1-2H3. The van der Waals surface area contributed by atoms with Crippen molar-refractivity contribution in [3.63, 3.8) is 0 Å². The van der Waals surface area contributed by atoms with Gasteiger partial charge in [-0.2, -0.15) is 0 Å². The zero-order valence-corrected chi connectivity index (χ0v) is 32.2. The fraction of sp³-hybridized carbons (Fsp3) is 0.0566. The maximum atomic E-state index is 6.76. The van der Waals surface area contributed by atoms with Crippen LogP contribution >= 0.6 is 11.3 Å². The quantitative estimate of drug-likeness (QED) is 0.180. The average Bonchev–Trinajstić information content (AvgIpc) is 3.91. The molecule has 0 radical (unpaired) electrons. The predicted molar refractivity (Wildman–Crippen MR) is 239 cm³/mol. The molecule has 0 saturated carbocycles. The Labute approximate surface area is 333 Å². The van der Waals surface area contributed by atoms with E-state index in [1.165, 1.54) is 48.9 Å². The summed E-state index contributed by atoms with van der Waals surface area (Å²) in [6.07, 6.45) is 0. The number of rotatable bonds is 4.